The van der Waals surface area contributed by atoms with Crippen molar-refractivity contribution in [2.24, 2.45) is 0 Å². The van der Waals surface area contributed by atoms with Gasteiger partial charge in [0.25, 0.3) is 0 Å². The summed E-state index contributed by atoms with van der Waals surface area (Å²) in [5, 5.41) is 3.54. The molecule has 4 nitrogen and oxygen atoms in total. The molecule has 0 spiro atoms. The van der Waals surface area contributed by atoms with Crippen molar-refractivity contribution in [1.29, 1.82) is 0 Å². The van der Waals surface area contributed by atoms with Crippen LogP contribution >= 0.6 is 0 Å². The van der Waals surface area contributed by atoms with Gasteiger partial charge in [-0.15, -0.1) is 0 Å². The molecule has 1 aromatic carbocycles. The maximum atomic E-state index is 5.69. The number of nitrogens with one attached hydrogen (secondary N) is 1. The van der Waals surface area contributed by atoms with Crippen LogP contribution in [0, 0.1) is 0 Å². The summed E-state index contributed by atoms with van der Waals surface area (Å²) in [5.74, 6) is 1.74. The third kappa shape index (κ3) is 4.11. The van der Waals surface area contributed by atoms with Crippen molar-refractivity contribution in [2.75, 3.05) is 33.9 Å². The molecule has 0 amide bonds. The minimum Gasteiger partial charge on any atom is -0.497 e. The molecule has 1 N–H and O–H groups in total. The summed E-state index contributed by atoms with van der Waals surface area (Å²) in [6, 6.07) is 8.97. The molecule has 2 atom stereocenters. The first-order chi connectivity index (χ1) is 9.19. The van der Waals surface area contributed by atoms with Crippen molar-refractivity contribution in [3.63, 3.8) is 0 Å². The van der Waals surface area contributed by atoms with Gasteiger partial charge in [-0.1, -0.05) is 0 Å². The number of hydrogen-bond acceptors (Lipinski definition) is 4. The van der Waals surface area contributed by atoms with Crippen LogP contribution in [0.3, 0.4) is 0 Å². The second-order valence-corrected chi connectivity index (χ2v) is 5.20. The predicted molar refractivity (Wildman–Crippen MR) is 77.0 cm³/mol. The van der Waals surface area contributed by atoms with Gasteiger partial charge in [-0.2, -0.15) is 0 Å². The van der Waals surface area contributed by atoms with E-state index in [4.69, 9.17) is 9.47 Å². The van der Waals surface area contributed by atoms with Gasteiger partial charge in [0.1, 0.15) is 18.1 Å². The lowest BCUT2D eigenvalue weighted by molar-refractivity contribution is 0.300. The summed E-state index contributed by atoms with van der Waals surface area (Å²) < 4.78 is 10.8. The molecular weight excluding hydrogens is 240 g/mol. The minimum atomic E-state index is 0.597. The normalized spacial score (nSPS) is 23.5. The Morgan fingerprint density at radius 1 is 1.26 bits per heavy atom. The van der Waals surface area contributed by atoms with E-state index in [1.165, 1.54) is 6.42 Å². The quantitative estimate of drug-likeness (QED) is 0.794. The zero-order valence-electron chi connectivity index (χ0n) is 12.1. The van der Waals surface area contributed by atoms with Crippen LogP contribution < -0.4 is 14.8 Å². The number of methoxy groups -OCH3 is 1. The topological polar surface area (TPSA) is 33.7 Å². The lowest BCUT2D eigenvalue weighted by Crippen LogP contribution is -2.34. The molecule has 0 radical (unpaired) electrons. The number of likely N-dealkylation sites (N-methyl/N-ethyl adjacent to an activating group) is 1. The monoisotopic (exact) mass is 264 g/mol. The van der Waals surface area contributed by atoms with Crippen LogP contribution in [-0.2, 0) is 0 Å². The Labute approximate surface area is 115 Å². The molecule has 2 unspecified atom stereocenters. The Morgan fingerprint density at radius 2 is 1.95 bits per heavy atom. The van der Waals surface area contributed by atoms with Gasteiger partial charge in [-0.3, -0.25) is 0 Å². The van der Waals surface area contributed by atoms with Gasteiger partial charge in [0, 0.05) is 25.2 Å². The highest BCUT2D eigenvalue weighted by Crippen LogP contribution is 2.17. The first-order valence-electron chi connectivity index (χ1n) is 6.89. The van der Waals surface area contributed by atoms with Crippen LogP contribution in [0.5, 0.6) is 11.5 Å². The highest BCUT2D eigenvalue weighted by atomic mass is 16.5. The van der Waals surface area contributed by atoms with Crippen LogP contribution in [0.15, 0.2) is 24.3 Å². The maximum Gasteiger partial charge on any atom is 0.119 e. The predicted octanol–water partition coefficient (Wildman–Crippen LogP) is 1.76. The van der Waals surface area contributed by atoms with Crippen LogP contribution in [0.1, 0.15) is 13.3 Å². The third-order valence-corrected chi connectivity index (χ3v) is 3.75. The van der Waals surface area contributed by atoms with Crippen LogP contribution in [0.2, 0.25) is 0 Å². The maximum absolute atomic E-state index is 5.69. The van der Waals surface area contributed by atoms with E-state index >= 15 is 0 Å². The zero-order valence-corrected chi connectivity index (χ0v) is 12.1. The molecule has 19 heavy (non-hydrogen) atoms. The average Bonchev–Trinajstić information content (AvgIpc) is 2.74. The fourth-order valence-corrected chi connectivity index (χ4v) is 2.45. The molecule has 4 heteroatoms. The first-order valence-corrected chi connectivity index (χ1v) is 6.89. The summed E-state index contributed by atoms with van der Waals surface area (Å²) in [7, 11) is 3.85. The van der Waals surface area contributed by atoms with E-state index in [0.29, 0.717) is 18.7 Å². The summed E-state index contributed by atoms with van der Waals surface area (Å²) in [6.45, 7) is 4.98. The van der Waals surface area contributed by atoms with E-state index in [1.54, 1.807) is 7.11 Å². The number of rotatable bonds is 6. The van der Waals surface area contributed by atoms with Crippen molar-refractivity contribution in [3.05, 3.63) is 24.3 Å². The molecule has 1 aromatic rings. The summed E-state index contributed by atoms with van der Waals surface area (Å²) in [6.07, 6.45) is 1.22. The smallest absolute Gasteiger partial charge is 0.119 e. The molecule has 1 aliphatic heterocycles. The van der Waals surface area contributed by atoms with E-state index in [0.717, 1.165) is 24.6 Å². The van der Waals surface area contributed by atoms with Crippen molar-refractivity contribution < 1.29 is 9.47 Å². The molecule has 1 fully saturated rings. The molecule has 1 aliphatic rings. The van der Waals surface area contributed by atoms with E-state index in [1.807, 2.05) is 24.3 Å². The van der Waals surface area contributed by atoms with Gasteiger partial charge in [0.05, 0.1) is 7.11 Å². The van der Waals surface area contributed by atoms with E-state index in [9.17, 15) is 0 Å². The van der Waals surface area contributed by atoms with Crippen molar-refractivity contribution in [1.82, 2.24) is 10.2 Å². The molecule has 0 saturated carbocycles. The van der Waals surface area contributed by atoms with Crippen LogP contribution in [0.25, 0.3) is 0 Å². The Kier molecular flexibility index (Phi) is 5.05. The van der Waals surface area contributed by atoms with Gasteiger partial charge in [0.2, 0.25) is 0 Å². The average molecular weight is 264 g/mol. The second kappa shape index (κ2) is 6.78. The van der Waals surface area contributed by atoms with Crippen LogP contribution in [-0.4, -0.2) is 50.8 Å². The number of benzene rings is 1. The Balaban J connectivity index is 1.64. The first kappa shape index (κ1) is 14.2. The van der Waals surface area contributed by atoms with Gasteiger partial charge >= 0.3 is 0 Å². The fraction of sp³-hybridized carbons (Fsp3) is 0.600. The molecule has 0 aromatic heterocycles. The molecule has 0 bridgehead atoms. The zero-order chi connectivity index (χ0) is 13.7. The van der Waals surface area contributed by atoms with Crippen molar-refractivity contribution in [2.45, 2.75) is 25.4 Å². The van der Waals surface area contributed by atoms with E-state index in [2.05, 4.69) is 24.2 Å². The van der Waals surface area contributed by atoms with Crippen molar-refractivity contribution in [3.8, 4) is 11.5 Å². The lowest BCUT2D eigenvalue weighted by Gasteiger charge is -2.13. The van der Waals surface area contributed by atoms with Gasteiger partial charge < -0.3 is 19.7 Å². The van der Waals surface area contributed by atoms with E-state index in [-0.39, 0.29) is 0 Å². The third-order valence-electron chi connectivity index (χ3n) is 3.75. The molecule has 106 valence electrons. The highest BCUT2D eigenvalue weighted by molar-refractivity contribution is 5.31. The van der Waals surface area contributed by atoms with Gasteiger partial charge in [-0.25, -0.2) is 0 Å². The number of ether oxygens (including phenoxy) is 2. The number of likely N-dealkylation sites (tertiary alicyclic amines) is 1. The van der Waals surface area contributed by atoms with E-state index < -0.39 is 0 Å². The number of hydrogen-bond donors (Lipinski definition) is 1. The number of nitrogens with zero attached hydrogens (tertiary/aromatic N) is 1. The largest absolute Gasteiger partial charge is 0.497 e. The Morgan fingerprint density at radius 3 is 2.53 bits per heavy atom. The Bertz CT molecular complexity index is 370. The van der Waals surface area contributed by atoms with Crippen LogP contribution in [0.4, 0.5) is 0 Å². The standard InChI is InChI=1S/C15H24N2O2/c1-12-10-13(11-17(12)2)16-8-9-19-15-6-4-14(18-3)5-7-15/h4-7,12-13,16H,8-11H2,1-3H3. The SMILES string of the molecule is COc1ccc(OCCNC2CC(C)N(C)C2)cc1. The molecule has 1 heterocycles. The summed E-state index contributed by atoms with van der Waals surface area (Å²) in [4.78, 5) is 2.39. The molecule has 1 saturated heterocycles. The Hall–Kier alpha value is -1.26. The highest BCUT2D eigenvalue weighted by Gasteiger charge is 2.25. The molecule has 2 rings (SSSR count). The van der Waals surface area contributed by atoms with Gasteiger partial charge in [0.15, 0.2) is 0 Å². The summed E-state index contributed by atoms with van der Waals surface area (Å²) >= 11 is 0. The van der Waals surface area contributed by atoms with Gasteiger partial charge in [-0.05, 0) is 44.7 Å². The van der Waals surface area contributed by atoms with Crippen molar-refractivity contribution >= 4 is 0 Å². The molecular formula is C15H24N2O2. The minimum absolute atomic E-state index is 0.597. The summed E-state index contributed by atoms with van der Waals surface area (Å²) in [5.41, 5.74) is 0. The lowest BCUT2D eigenvalue weighted by atomic mass is 10.2. The fourth-order valence-electron chi connectivity index (χ4n) is 2.45. The second-order valence-electron chi connectivity index (χ2n) is 5.20. The molecule has 0 aliphatic carbocycles.